The first kappa shape index (κ1) is 18.4. The van der Waals surface area contributed by atoms with Gasteiger partial charge in [0.25, 0.3) is 5.91 Å². The Morgan fingerprint density at radius 2 is 1.71 bits per heavy atom. The van der Waals surface area contributed by atoms with Crippen molar-refractivity contribution in [3.05, 3.63) is 28.8 Å². The van der Waals surface area contributed by atoms with Gasteiger partial charge in [0.15, 0.2) is 0 Å². The Bertz CT molecular complexity index is 597. The number of piperazine rings is 1. The molecule has 0 spiro atoms. The molecule has 1 aliphatic rings. The first-order chi connectivity index (χ1) is 11.5. The molecule has 1 aliphatic heterocycles. The largest absolute Gasteiger partial charge is 0.496 e. The lowest BCUT2D eigenvalue weighted by Crippen LogP contribution is -2.54. The molecule has 132 valence electrons. The molecule has 1 aromatic carbocycles. The van der Waals surface area contributed by atoms with Crippen LogP contribution in [0.5, 0.6) is 5.75 Å². The molecule has 3 amide bonds. The molecule has 0 aliphatic carbocycles. The van der Waals surface area contributed by atoms with Gasteiger partial charge in [0.2, 0.25) is 0 Å². The summed E-state index contributed by atoms with van der Waals surface area (Å²) in [6.45, 7) is 7.37. The van der Waals surface area contributed by atoms with Crippen LogP contribution in [-0.2, 0) is 0 Å². The van der Waals surface area contributed by atoms with Crippen molar-refractivity contribution in [1.29, 1.82) is 0 Å². The van der Waals surface area contributed by atoms with Crippen molar-refractivity contribution >= 4 is 23.5 Å². The molecular formula is C17H24ClN3O3. The summed E-state index contributed by atoms with van der Waals surface area (Å²) in [7, 11) is 1.53. The average Bonchev–Trinajstić information content (AvgIpc) is 2.62. The number of methoxy groups -OCH3 is 1. The average molecular weight is 354 g/mol. The summed E-state index contributed by atoms with van der Waals surface area (Å²) in [5, 5.41) is 0.495. The second kappa shape index (κ2) is 8.24. The lowest BCUT2D eigenvalue weighted by molar-refractivity contribution is 0.0638. The number of benzene rings is 1. The lowest BCUT2D eigenvalue weighted by Gasteiger charge is -2.37. The Balaban J connectivity index is 2.03. The van der Waals surface area contributed by atoms with E-state index in [0.717, 1.165) is 0 Å². The van der Waals surface area contributed by atoms with E-state index in [1.807, 2.05) is 13.8 Å². The zero-order chi connectivity index (χ0) is 17.7. The summed E-state index contributed by atoms with van der Waals surface area (Å²) in [5.74, 6) is 0.385. The van der Waals surface area contributed by atoms with E-state index in [9.17, 15) is 9.59 Å². The number of urea groups is 1. The van der Waals surface area contributed by atoms with Crippen LogP contribution >= 0.6 is 11.6 Å². The molecule has 1 heterocycles. The van der Waals surface area contributed by atoms with Crippen molar-refractivity contribution in [2.45, 2.75) is 13.8 Å². The minimum atomic E-state index is -0.121. The highest BCUT2D eigenvalue weighted by Gasteiger charge is 2.28. The fraction of sp³-hybridized carbons (Fsp3) is 0.529. The van der Waals surface area contributed by atoms with Crippen molar-refractivity contribution in [3.8, 4) is 5.75 Å². The van der Waals surface area contributed by atoms with Crippen molar-refractivity contribution in [3.63, 3.8) is 0 Å². The number of carbonyl (C=O) groups is 2. The van der Waals surface area contributed by atoms with Gasteiger partial charge in [0.1, 0.15) is 5.75 Å². The van der Waals surface area contributed by atoms with E-state index >= 15 is 0 Å². The summed E-state index contributed by atoms with van der Waals surface area (Å²) >= 11 is 6.00. The van der Waals surface area contributed by atoms with Crippen LogP contribution in [0.1, 0.15) is 24.2 Å². The van der Waals surface area contributed by atoms with Gasteiger partial charge in [-0.3, -0.25) is 4.79 Å². The molecule has 1 saturated heterocycles. The van der Waals surface area contributed by atoms with Gasteiger partial charge in [-0.25, -0.2) is 4.79 Å². The Kier molecular flexibility index (Phi) is 6.31. The van der Waals surface area contributed by atoms with E-state index < -0.39 is 0 Å². The van der Waals surface area contributed by atoms with Crippen molar-refractivity contribution in [1.82, 2.24) is 14.7 Å². The van der Waals surface area contributed by atoms with Crippen molar-refractivity contribution < 1.29 is 14.3 Å². The predicted molar refractivity (Wildman–Crippen MR) is 93.8 cm³/mol. The molecule has 1 fully saturated rings. The van der Waals surface area contributed by atoms with Gasteiger partial charge >= 0.3 is 6.03 Å². The van der Waals surface area contributed by atoms with Crippen LogP contribution < -0.4 is 4.74 Å². The third-order valence-electron chi connectivity index (χ3n) is 4.26. The van der Waals surface area contributed by atoms with Gasteiger partial charge in [-0.1, -0.05) is 11.6 Å². The first-order valence-corrected chi connectivity index (χ1v) is 8.56. The normalized spacial score (nSPS) is 14.5. The maximum absolute atomic E-state index is 12.7. The fourth-order valence-corrected chi connectivity index (χ4v) is 2.98. The summed E-state index contributed by atoms with van der Waals surface area (Å²) < 4.78 is 5.25. The van der Waals surface area contributed by atoms with Crippen LogP contribution in [0.25, 0.3) is 0 Å². The van der Waals surface area contributed by atoms with E-state index in [0.29, 0.717) is 55.6 Å². The predicted octanol–water partition coefficient (Wildman–Crippen LogP) is 2.57. The van der Waals surface area contributed by atoms with Crippen LogP contribution in [0.15, 0.2) is 18.2 Å². The van der Waals surface area contributed by atoms with E-state index in [-0.39, 0.29) is 11.9 Å². The van der Waals surface area contributed by atoms with Crippen LogP contribution in [0.2, 0.25) is 5.02 Å². The van der Waals surface area contributed by atoms with Gasteiger partial charge in [-0.2, -0.15) is 0 Å². The smallest absolute Gasteiger partial charge is 0.320 e. The van der Waals surface area contributed by atoms with Crippen LogP contribution in [0, 0.1) is 0 Å². The van der Waals surface area contributed by atoms with Gasteiger partial charge in [0.05, 0.1) is 12.7 Å². The van der Waals surface area contributed by atoms with Crippen LogP contribution in [0.3, 0.4) is 0 Å². The Labute approximate surface area is 147 Å². The van der Waals surface area contributed by atoms with Crippen LogP contribution in [-0.4, -0.2) is 73.0 Å². The molecule has 0 N–H and O–H groups in total. The fourth-order valence-electron chi connectivity index (χ4n) is 2.81. The Hall–Kier alpha value is -1.95. The number of halogens is 1. The highest BCUT2D eigenvalue weighted by molar-refractivity contribution is 6.31. The standard InChI is InChI=1S/C17H24ClN3O3/c1-4-19(5-2)17(23)21-10-8-20(9-11-21)16(22)14-12-13(18)6-7-15(14)24-3/h6-7,12H,4-5,8-11H2,1-3H3. The highest BCUT2D eigenvalue weighted by atomic mass is 35.5. The zero-order valence-electron chi connectivity index (χ0n) is 14.4. The second-order valence-corrected chi connectivity index (χ2v) is 6.02. The quantitative estimate of drug-likeness (QED) is 0.836. The van der Waals surface area contributed by atoms with Gasteiger partial charge in [-0.15, -0.1) is 0 Å². The van der Waals surface area contributed by atoms with E-state index in [4.69, 9.17) is 16.3 Å². The lowest BCUT2D eigenvalue weighted by atomic mass is 10.1. The molecule has 0 saturated carbocycles. The topological polar surface area (TPSA) is 53.1 Å². The molecule has 0 aromatic heterocycles. The van der Waals surface area contributed by atoms with E-state index in [1.165, 1.54) is 7.11 Å². The Morgan fingerprint density at radius 1 is 1.12 bits per heavy atom. The number of rotatable bonds is 4. The number of hydrogen-bond donors (Lipinski definition) is 0. The molecule has 0 bridgehead atoms. The summed E-state index contributed by atoms with van der Waals surface area (Å²) in [6.07, 6.45) is 0. The summed E-state index contributed by atoms with van der Waals surface area (Å²) in [6, 6.07) is 5.04. The first-order valence-electron chi connectivity index (χ1n) is 8.18. The van der Waals surface area contributed by atoms with Gasteiger partial charge < -0.3 is 19.4 Å². The molecular weight excluding hydrogens is 330 g/mol. The number of carbonyl (C=O) groups excluding carboxylic acids is 2. The molecule has 0 atom stereocenters. The summed E-state index contributed by atoms with van der Waals surface area (Å²) in [5.41, 5.74) is 0.452. The van der Waals surface area contributed by atoms with Crippen molar-refractivity contribution in [2.24, 2.45) is 0 Å². The van der Waals surface area contributed by atoms with E-state index in [1.54, 1.807) is 32.9 Å². The minimum Gasteiger partial charge on any atom is -0.496 e. The SMILES string of the molecule is CCN(CC)C(=O)N1CCN(C(=O)c2cc(Cl)ccc2OC)CC1. The number of ether oxygens (including phenoxy) is 1. The molecule has 0 unspecified atom stereocenters. The van der Waals surface area contributed by atoms with Crippen molar-refractivity contribution in [2.75, 3.05) is 46.4 Å². The highest BCUT2D eigenvalue weighted by Crippen LogP contribution is 2.24. The molecule has 2 rings (SSSR count). The number of hydrogen-bond acceptors (Lipinski definition) is 3. The van der Waals surface area contributed by atoms with Gasteiger partial charge in [0, 0.05) is 44.3 Å². The molecule has 24 heavy (non-hydrogen) atoms. The third-order valence-corrected chi connectivity index (χ3v) is 4.50. The Morgan fingerprint density at radius 3 is 2.25 bits per heavy atom. The maximum atomic E-state index is 12.7. The third kappa shape index (κ3) is 3.93. The molecule has 6 nitrogen and oxygen atoms in total. The number of nitrogens with zero attached hydrogens (tertiary/aromatic N) is 3. The monoisotopic (exact) mass is 353 g/mol. The maximum Gasteiger partial charge on any atom is 0.320 e. The zero-order valence-corrected chi connectivity index (χ0v) is 15.2. The molecule has 0 radical (unpaired) electrons. The molecule has 1 aromatic rings. The second-order valence-electron chi connectivity index (χ2n) is 5.58. The molecule has 7 heteroatoms. The van der Waals surface area contributed by atoms with E-state index in [2.05, 4.69) is 0 Å². The summed E-state index contributed by atoms with van der Waals surface area (Å²) in [4.78, 5) is 30.4. The van der Waals surface area contributed by atoms with Gasteiger partial charge in [-0.05, 0) is 32.0 Å². The minimum absolute atomic E-state index is 0.0347. The van der Waals surface area contributed by atoms with Crippen LogP contribution in [0.4, 0.5) is 4.79 Å². The number of amides is 3.